The monoisotopic (exact) mass is 290 g/mol. The van der Waals surface area contributed by atoms with Crippen LogP contribution in [0.3, 0.4) is 0 Å². The Labute approximate surface area is 121 Å². The number of carbonyl (C=O) groups excluding carboxylic acids is 1. The highest BCUT2D eigenvalue weighted by Crippen LogP contribution is 2.17. The molecule has 0 saturated heterocycles. The highest BCUT2D eigenvalue weighted by atomic mass is 35.5. The summed E-state index contributed by atoms with van der Waals surface area (Å²) in [6.07, 6.45) is 1.43. The van der Waals surface area contributed by atoms with Crippen LogP contribution >= 0.6 is 11.6 Å². The highest BCUT2D eigenvalue weighted by molar-refractivity contribution is 6.33. The topological polar surface area (TPSA) is 41.5 Å². The second-order valence-electron chi connectivity index (χ2n) is 4.23. The standard InChI is InChI=1S/C15H12ClFN2O/c1-10-2-7-13(14(16)8-10)15(20)19-18-9-11-3-5-12(17)6-4-11/h2-9H,1H3,(H,19,20)/b18-9+. The first kappa shape index (κ1) is 14.2. The second kappa shape index (κ2) is 6.30. The number of nitrogens with one attached hydrogen (secondary N) is 1. The molecule has 0 bridgehead atoms. The fraction of sp³-hybridized carbons (Fsp3) is 0.0667. The van der Waals surface area contributed by atoms with E-state index >= 15 is 0 Å². The van der Waals surface area contributed by atoms with Crippen molar-refractivity contribution in [3.8, 4) is 0 Å². The van der Waals surface area contributed by atoms with E-state index in [0.29, 0.717) is 16.1 Å². The zero-order chi connectivity index (χ0) is 14.5. The number of carbonyl (C=O) groups is 1. The van der Waals surface area contributed by atoms with Crippen molar-refractivity contribution in [3.63, 3.8) is 0 Å². The van der Waals surface area contributed by atoms with Crippen LogP contribution in [0, 0.1) is 12.7 Å². The molecule has 0 aliphatic heterocycles. The van der Waals surface area contributed by atoms with Gasteiger partial charge in [0, 0.05) is 0 Å². The molecule has 102 valence electrons. The lowest BCUT2D eigenvalue weighted by Gasteiger charge is -2.03. The molecule has 0 aliphatic rings. The van der Waals surface area contributed by atoms with Gasteiger partial charge >= 0.3 is 0 Å². The number of benzene rings is 2. The smallest absolute Gasteiger partial charge is 0.267 e. The summed E-state index contributed by atoms with van der Waals surface area (Å²) in [5.74, 6) is -0.717. The van der Waals surface area contributed by atoms with Crippen LogP contribution in [0.5, 0.6) is 0 Å². The zero-order valence-electron chi connectivity index (χ0n) is 10.7. The van der Waals surface area contributed by atoms with Gasteiger partial charge in [0.1, 0.15) is 5.82 Å². The first-order valence-electron chi connectivity index (χ1n) is 5.91. The maximum atomic E-state index is 12.7. The van der Waals surface area contributed by atoms with Crippen molar-refractivity contribution >= 4 is 23.7 Å². The quantitative estimate of drug-likeness (QED) is 0.681. The summed E-state index contributed by atoms with van der Waals surface area (Å²) < 4.78 is 12.7. The molecule has 1 amide bonds. The van der Waals surface area contributed by atoms with Crippen molar-refractivity contribution in [1.82, 2.24) is 5.43 Å². The third-order valence-electron chi connectivity index (χ3n) is 2.62. The van der Waals surface area contributed by atoms with Crippen molar-refractivity contribution in [2.24, 2.45) is 5.10 Å². The minimum atomic E-state index is -0.395. The Morgan fingerprint density at radius 3 is 2.60 bits per heavy atom. The van der Waals surface area contributed by atoms with Crippen molar-refractivity contribution in [2.75, 3.05) is 0 Å². The van der Waals surface area contributed by atoms with Crippen LogP contribution in [-0.2, 0) is 0 Å². The molecule has 0 unspecified atom stereocenters. The lowest BCUT2D eigenvalue weighted by Crippen LogP contribution is -2.18. The van der Waals surface area contributed by atoms with Crippen LogP contribution in [-0.4, -0.2) is 12.1 Å². The summed E-state index contributed by atoms with van der Waals surface area (Å²) in [7, 11) is 0. The molecule has 2 aromatic rings. The van der Waals surface area contributed by atoms with E-state index < -0.39 is 5.91 Å². The van der Waals surface area contributed by atoms with Gasteiger partial charge in [-0.3, -0.25) is 4.79 Å². The summed E-state index contributed by atoms with van der Waals surface area (Å²) >= 11 is 5.98. The highest BCUT2D eigenvalue weighted by Gasteiger charge is 2.08. The predicted octanol–water partition coefficient (Wildman–Crippen LogP) is 3.55. The molecule has 0 fully saturated rings. The van der Waals surface area contributed by atoms with E-state index in [4.69, 9.17) is 11.6 Å². The molecule has 0 aromatic heterocycles. The third kappa shape index (κ3) is 3.65. The summed E-state index contributed by atoms with van der Waals surface area (Å²) in [6, 6.07) is 10.9. The number of hydrazone groups is 1. The molecule has 0 aliphatic carbocycles. The molecule has 5 heteroatoms. The lowest BCUT2D eigenvalue weighted by atomic mass is 10.1. The van der Waals surface area contributed by atoms with Gasteiger partial charge in [0.15, 0.2) is 0 Å². The average molecular weight is 291 g/mol. The summed E-state index contributed by atoms with van der Waals surface area (Å²) in [5, 5.41) is 4.18. The van der Waals surface area contributed by atoms with Gasteiger partial charge < -0.3 is 0 Å². The van der Waals surface area contributed by atoms with E-state index in [1.165, 1.54) is 18.3 Å². The number of nitrogens with zero attached hydrogens (tertiary/aromatic N) is 1. The number of aryl methyl sites for hydroxylation is 1. The fourth-order valence-electron chi connectivity index (χ4n) is 1.58. The summed E-state index contributed by atoms with van der Waals surface area (Å²) in [4.78, 5) is 11.9. The van der Waals surface area contributed by atoms with E-state index in [-0.39, 0.29) is 5.82 Å². The van der Waals surface area contributed by atoms with Crippen LogP contribution in [0.15, 0.2) is 47.6 Å². The molecular weight excluding hydrogens is 279 g/mol. The molecule has 2 aromatic carbocycles. The number of hydrogen-bond donors (Lipinski definition) is 1. The fourth-order valence-corrected chi connectivity index (χ4v) is 1.90. The largest absolute Gasteiger partial charge is 0.272 e. The van der Waals surface area contributed by atoms with Crippen molar-refractivity contribution in [1.29, 1.82) is 0 Å². The minimum Gasteiger partial charge on any atom is -0.267 e. The van der Waals surface area contributed by atoms with E-state index in [9.17, 15) is 9.18 Å². The van der Waals surface area contributed by atoms with Gasteiger partial charge in [0.2, 0.25) is 0 Å². The van der Waals surface area contributed by atoms with E-state index in [2.05, 4.69) is 10.5 Å². The number of halogens is 2. The van der Waals surface area contributed by atoms with Gasteiger partial charge in [0.25, 0.3) is 5.91 Å². The van der Waals surface area contributed by atoms with Gasteiger partial charge in [-0.2, -0.15) is 5.10 Å². The number of amides is 1. The lowest BCUT2D eigenvalue weighted by molar-refractivity contribution is 0.0955. The number of hydrogen-bond acceptors (Lipinski definition) is 2. The molecule has 0 saturated carbocycles. The van der Waals surface area contributed by atoms with Crippen molar-refractivity contribution in [2.45, 2.75) is 6.92 Å². The van der Waals surface area contributed by atoms with Gasteiger partial charge in [0.05, 0.1) is 16.8 Å². The van der Waals surface area contributed by atoms with Crippen molar-refractivity contribution in [3.05, 3.63) is 70.0 Å². The Balaban J connectivity index is 2.03. The Morgan fingerprint density at radius 2 is 1.95 bits per heavy atom. The van der Waals surface area contributed by atoms with E-state index in [0.717, 1.165) is 5.56 Å². The van der Waals surface area contributed by atoms with Crippen LogP contribution in [0.1, 0.15) is 21.5 Å². The van der Waals surface area contributed by atoms with E-state index in [1.54, 1.807) is 30.3 Å². The van der Waals surface area contributed by atoms with Crippen molar-refractivity contribution < 1.29 is 9.18 Å². The number of rotatable bonds is 3. The van der Waals surface area contributed by atoms with Gasteiger partial charge in [-0.1, -0.05) is 29.8 Å². The van der Waals surface area contributed by atoms with Gasteiger partial charge in [-0.05, 0) is 42.3 Å². The Kier molecular flexibility index (Phi) is 4.48. The Morgan fingerprint density at radius 1 is 1.25 bits per heavy atom. The normalized spacial score (nSPS) is 10.8. The molecule has 1 N–H and O–H groups in total. The molecule has 0 atom stereocenters. The molecule has 20 heavy (non-hydrogen) atoms. The summed E-state index contributed by atoms with van der Waals surface area (Å²) in [5.41, 5.74) is 4.39. The van der Waals surface area contributed by atoms with Gasteiger partial charge in [-0.15, -0.1) is 0 Å². The summed E-state index contributed by atoms with van der Waals surface area (Å²) in [6.45, 7) is 1.89. The molecule has 0 radical (unpaired) electrons. The Hall–Kier alpha value is -2.20. The molecular formula is C15H12ClFN2O. The first-order chi connectivity index (χ1) is 9.56. The maximum Gasteiger partial charge on any atom is 0.272 e. The average Bonchev–Trinajstić information content (AvgIpc) is 2.41. The predicted molar refractivity (Wildman–Crippen MR) is 77.6 cm³/mol. The van der Waals surface area contributed by atoms with Gasteiger partial charge in [-0.25, -0.2) is 9.82 Å². The maximum absolute atomic E-state index is 12.7. The first-order valence-corrected chi connectivity index (χ1v) is 6.29. The van der Waals surface area contributed by atoms with E-state index in [1.807, 2.05) is 6.92 Å². The SMILES string of the molecule is Cc1ccc(C(=O)N/N=C/c2ccc(F)cc2)c(Cl)c1. The Bertz CT molecular complexity index is 653. The molecule has 0 heterocycles. The minimum absolute atomic E-state index is 0.322. The molecule has 3 nitrogen and oxygen atoms in total. The van der Waals surface area contributed by atoms with Crippen LogP contribution in [0.25, 0.3) is 0 Å². The second-order valence-corrected chi connectivity index (χ2v) is 4.64. The van der Waals surface area contributed by atoms with Crippen LogP contribution in [0.4, 0.5) is 4.39 Å². The molecule has 0 spiro atoms. The third-order valence-corrected chi connectivity index (χ3v) is 2.93. The van der Waals surface area contributed by atoms with Crippen LogP contribution in [0.2, 0.25) is 5.02 Å². The zero-order valence-corrected chi connectivity index (χ0v) is 11.5. The molecule has 2 rings (SSSR count). The van der Waals surface area contributed by atoms with Crippen LogP contribution < -0.4 is 5.43 Å².